The number of benzene rings is 1. The van der Waals surface area contributed by atoms with Crippen LogP contribution in [0.25, 0.3) is 0 Å². The molecule has 2 aliphatic heterocycles. The summed E-state index contributed by atoms with van der Waals surface area (Å²) in [5, 5.41) is 30.3. The maximum atomic E-state index is 12.8. The van der Waals surface area contributed by atoms with Crippen LogP contribution in [0.3, 0.4) is 0 Å². The number of aryl methyl sites for hydroxylation is 1. The number of carbonyl (C=O) groups excluding carboxylic acids is 2. The third-order valence-electron chi connectivity index (χ3n) is 5.60. The van der Waals surface area contributed by atoms with Gasteiger partial charge in [0.1, 0.15) is 41.6 Å². The maximum Gasteiger partial charge on any atom is 0.342 e. The SMILES string of the molecule is Cc1cc(O)cc(O)c1C(=O)OC1CC2=C(COC(C3OC3C)=C2)C(=O)C1(C)O. The highest BCUT2D eigenvalue weighted by molar-refractivity contribution is 6.05. The molecule has 0 spiro atoms. The lowest BCUT2D eigenvalue weighted by Gasteiger charge is -2.38. The summed E-state index contributed by atoms with van der Waals surface area (Å²) in [6.45, 7) is 4.77. The Morgan fingerprint density at radius 1 is 1.31 bits per heavy atom. The van der Waals surface area contributed by atoms with E-state index in [1.54, 1.807) is 6.08 Å². The van der Waals surface area contributed by atoms with Crippen molar-refractivity contribution in [2.24, 2.45) is 0 Å². The summed E-state index contributed by atoms with van der Waals surface area (Å²) in [6.07, 6.45) is 0.566. The number of ether oxygens (including phenoxy) is 3. The average Bonchev–Trinajstić information content (AvgIpc) is 3.35. The first-order valence-corrected chi connectivity index (χ1v) is 9.32. The Kier molecular flexibility index (Phi) is 4.43. The van der Waals surface area contributed by atoms with E-state index in [2.05, 4.69) is 0 Å². The second-order valence-corrected chi connectivity index (χ2v) is 7.83. The zero-order chi connectivity index (χ0) is 21.1. The van der Waals surface area contributed by atoms with Gasteiger partial charge in [0, 0.05) is 18.1 Å². The smallest absolute Gasteiger partial charge is 0.342 e. The molecule has 1 aromatic carbocycles. The molecular formula is C21H22O8. The van der Waals surface area contributed by atoms with Crippen molar-refractivity contribution >= 4 is 11.8 Å². The fourth-order valence-corrected chi connectivity index (χ4v) is 3.80. The van der Waals surface area contributed by atoms with Gasteiger partial charge in [-0.2, -0.15) is 0 Å². The minimum atomic E-state index is -1.94. The standard InChI is InChI=1S/C21H22O8/c1-9-4-12(22)7-14(23)17(9)20(25)29-16-6-11-5-15(18-10(2)28-18)27-8-13(11)19(24)21(16,3)26/h4-5,7,10,16,18,22-23,26H,6,8H2,1-3H3. The molecule has 0 saturated carbocycles. The Morgan fingerprint density at radius 2 is 2.00 bits per heavy atom. The molecule has 4 atom stereocenters. The third-order valence-corrected chi connectivity index (χ3v) is 5.60. The molecule has 0 bridgehead atoms. The minimum Gasteiger partial charge on any atom is -0.508 e. The molecule has 29 heavy (non-hydrogen) atoms. The molecule has 4 unspecified atom stereocenters. The second kappa shape index (κ2) is 6.60. The Hall–Kier alpha value is -2.84. The lowest BCUT2D eigenvalue weighted by molar-refractivity contribution is -0.146. The topological polar surface area (TPSA) is 126 Å². The van der Waals surface area contributed by atoms with Crippen molar-refractivity contribution in [1.82, 2.24) is 0 Å². The first kappa shape index (κ1) is 19.5. The van der Waals surface area contributed by atoms with Crippen molar-refractivity contribution in [3.05, 3.63) is 46.2 Å². The van der Waals surface area contributed by atoms with E-state index in [0.29, 0.717) is 22.5 Å². The van der Waals surface area contributed by atoms with Gasteiger partial charge in [-0.15, -0.1) is 0 Å². The van der Waals surface area contributed by atoms with Crippen LogP contribution in [0.1, 0.15) is 36.2 Å². The normalized spacial score (nSPS) is 31.0. The lowest BCUT2D eigenvalue weighted by atomic mass is 9.77. The Balaban J connectivity index is 1.62. The number of carbonyl (C=O) groups is 2. The molecule has 3 N–H and O–H groups in total. The maximum absolute atomic E-state index is 12.8. The van der Waals surface area contributed by atoms with Crippen molar-refractivity contribution in [2.75, 3.05) is 6.61 Å². The zero-order valence-corrected chi connectivity index (χ0v) is 16.3. The monoisotopic (exact) mass is 402 g/mol. The van der Waals surface area contributed by atoms with Crippen molar-refractivity contribution < 1.29 is 39.1 Å². The van der Waals surface area contributed by atoms with Crippen LogP contribution in [0, 0.1) is 6.92 Å². The summed E-state index contributed by atoms with van der Waals surface area (Å²) < 4.78 is 16.5. The number of aliphatic hydroxyl groups is 1. The van der Waals surface area contributed by atoms with Crippen LogP contribution in [0.15, 0.2) is 35.1 Å². The van der Waals surface area contributed by atoms with E-state index in [1.165, 1.54) is 19.9 Å². The van der Waals surface area contributed by atoms with Gasteiger partial charge in [-0.25, -0.2) is 4.79 Å². The molecule has 1 fully saturated rings. The summed E-state index contributed by atoms with van der Waals surface area (Å²) in [4.78, 5) is 25.5. The summed E-state index contributed by atoms with van der Waals surface area (Å²) in [7, 11) is 0. The van der Waals surface area contributed by atoms with Crippen molar-refractivity contribution in [2.45, 2.75) is 51.1 Å². The zero-order valence-electron chi connectivity index (χ0n) is 16.3. The van der Waals surface area contributed by atoms with E-state index in [0.717, 1.165) is 6.07 Å². The number of hydrogen-bond donors (Lipinski definition) is 3. The van der Waals surface area contributed by atoms with Crippen molar-refractivity contribution in [3.63, 3.8) is 0 Å². The van der Waals surface area contributed by atoms with Gasteiger partial charge in [0.2, 0.25) is 0 Å². The predicted molar refractivity (Wildman–Crippen MR) is 99.4 cm³/mol. The van der Waals surface area contributed by atoms with Crippen LogP contribution >= 0.6 is 0 Å². The number of aromatic hydroxyl groups is 2. The van der Waals surface area contributed by atoms with Crippen LogP contribution in [-0.2, 0) is 19.0 Å². The van der Waals surface area contributed by atoms with Crippen LogP contribution in [-0.4, -0.2) is 57.6 Å². The van der Waals surface area contributed by atoms with E-state index in [1.807, 2.05) is 6.92 Å². The van der Waals surface area contributed by atoms with Gasteiger partial charge in [0.25, 0.3) is 0 Å². The first-order valence-electron chi connectivity index (χ1n) is 9.32. The van der Waals surface area contributed by atoms with Crippen molar-refractivity contribution in [3.8, 4) is 11.5 Å². The number of allylic oxidation sites excluding steroid dienone is 1. The number of ketones is 1. The molecular weight excluding hydrogens is 380 g/mol. The Bertz CT molecular complexity index is 948. The fourth-order valence-electron chi connectivity index (χ4n) is 3.80. The summed E-state index contributed by atoms with van der Waals surface area (Å²) in [5.41, 5.74) is -0.776. The molecule has 1 aromatic rings. The first-order chi connectivity index (χ1) is 13.6. The van der Waals surface area contributed by atoms with Gasteiger partial charge in [-0.1, -0.05) is 0 Å². The molecule has 0 amide bonds. The molecule has 0 aromatic heterocycles. The second-order valence-electron chi connectivity index (χ2n) is 7.83. The highest BCUT2D eigenvalue weighted by atomic mass is 16.6. The van der Waals surface area contributed by atoms with E-state index >= 15 is 0 Å². The molecule has 1 saturated heterocycles. The van der Waals surface area contributed by atoms with Gasteiger partial charge in [0.15, 0.2) is 11.4 Å². The Morgan fingerprint density at radius 3 is 2.62 bits per heavy atom. The third kappa shape index (κ3) is 3.28. The van der Waals surface area contributed by atoms with E-state index < -0.39 is 29.2 Å². The van der Waals surface area contributed by atoms with Crippen molar-refractivity contribution in [1.29, 1.82) is 0 Å². The number of esters is 1. The van der Waals surface area contributed by atoms with Gasteiger partial charge < -0.3 is 29.5 Å². The lowest BCUT2D eigenvalue weighted by Crippen LogP contribution is -2.53. The summed E-state index contributed by atoms with van der Waals surface area (Å²) in [5.74, 6) is -1.48. The fraction of sp³-hybridized carbons (Fsp3) is 0.429. The minimum absolute atomic E-state index is 0.0290. The molecule has 0 radical (unpaired) electrons. The largest absolute Gasteiger partial charge is 0.508 e. The number of rotatable bonds is 3. The molecule has 8 heteroatoms. The van der Waals surface area contributed by atoms with Crippen LogP contribution < -0.4 is 0 Å². The number of Topliss-reactive ketones (excluding diaryl/α,β-unsaturated/α-hetero) is 1. The number of phenols is 2. The van der Waals surface area contributed by atoms with Gasteiger partial charge in [0.05, 0.1) is 6.10 Å². The quantitative estimate of drug-likeness (QED) is 0.515. The van der Waals surface area contributed by atoms with Gasteiger partial charge in [-0.05, 0) is 44.1 Å². The number of phenolic OH excluding ortho intramolecular Hbond substituents is 2. The molecule has 1 aliphatic carbocycles. The number of hydrogen-bond acceptors (Lipinski definition) is 8. The van der Waals surface area contributed by atoms with Crippen LogP contribution in [0.4, 0.5) is 0 Å². The molecule has 8 nitrogen and oxygen atoms in total. The molecule has 2 heterocycles. The summed E-state index contributed by atoms with van der Waals surface area (Å²) in [6, 6.07) is 2.34. The van der Waals surface area contributed by atoms with Crippen LogP contribution in [0.2, 0.25) is 0 Å². The van der Waals surface area contributed by atoms with E-state index in [4.69, 9.17) is 14.2 Å². The summed E-state index contributed by atoms with van der Waals surface area (Å²) >= 11 is 0. The molecule has 154 valence electrons. The van der Waals surface area contributed by atoms with Gasteiger partial charge in [-0.3, -0.25) is 4.79 Å². The van der Waals surface area contributed by atoms with Gasteiger partial charge >= 0.3 is 5.97 Å². The molecule has 4 rings (SSSR count). The van der Waals surface area contributed by atoms with E-state index in [-0.39, 0.29) is 36.5 Å². The highest BCUT2D eigenvalue weighted by Gasteiger charge is 2.50. The van der Waals surface area contributed by atoms with E-state index in [9.17, 15) is 24.9 Å². The average molecular weight is 402 g/mol. The number of epoxide rings is 1. The highest BCUT2D eigenvalue weighted by Crippen LogP contribution is 2.40. The van der Waals surface area contributed by atoms with Crippen LogP contribution in [0.5, 0.6) is 11.5 Å². The predicted octanol–water partition coefficient (Wildman–Crippen LogP) is 1.65. The Labute approximate surface area is 167 Å². The molecule has 3 aliphatic rings.